The summed E-state index contributed by atoms with van der Waals surface area (Å²) < 4.78 is 5.94. The molecule has 0 amide bonds. The van der Waals surface area contributed by atoms with Crippen LogP contribution in [0.2, 0.25) is 0 Å². The van der Waals surface area contributed by atoms with Gasteiger partial charge in [0.25, 0.3) is 0 Å². The smallest absolute Gasteiger partial charge is 0.119 e. The minimum atomic E-state index is 0.880. The molecule has 1 nitrogen and oxygen atoms in total. The molecule has 1 saturated carbocycles. The largest absolute Gasteiger partial charge is 0.494 e. The number of aryl methyl sites for hydroxylation is 1. The van der Waals surface area contributed by atoms with Gasteiger partial charge >= 0.3 is 0 Å². The molecule has 0 unspecified atom stereocenters. The molecule has 0 bridgehead atoms. The van der Waals surface area contributed by atoms with Crippen LogP contribution in [0.4, 0.5) is 0 Å². The maximum Gasteiger partial charge on any atom is 0.119 e. The second kappa shape index (κ2) is 12.4. The molecule has 0 heterocycles. The van der Waals surface area contributed by atoms with E-state index in [1.807, 2.05) is 0 Å². The van der Waals surface area contributed by atoms with Crippen LogP contribution in [0.15, 0.2) is 24.3 Å². The summed E-state index contributed by atoms with van der Waals surface area (Å²) in [5.41, 5.74) is 1.44. The van der Waals surface area contributed by atoms with Gasteiger partial charge in [-0.1, -0.05) is 83.8 Å². The predicted molar refractivity (Wildman–Crippen MR) is 109 cm³/mol. The van der Waals surface area contributed by atoms with Gasteiger partial charge in [0.05, 0.1) is 6.61 Å². The minimum Gasteiger partial charge on any atom is -0.494 e. The van der Waals surface area contributed by atoms with E-state index in [-0.39, 0.29) is 0 Å². The van der Waals surface area contributed by atoms with E-state index in [1.165, 1.54) is 89.0 Å². The third kappa shape index (κ3) is 8.29. The zero-order valence-corrected chi connectivity index (χ0v) is 16.8. The van der Waals surface area contributed by atoms with E-state index in [2.05, 4.69) is 38.1 Å². The minimum absolute atomic E-state index is 0.880. The second-order valence-corrected chi connectivity index (χ2v) is 8.12. The first kappa shape index (κ1) is 20.3. The summed E-state index contributed by atoms with van der Waals surface area (Å²) in [5, 5.41) is 0. The molecular weight excluding hydrogens is 304 g/mol. The fraction of sp³-hybridized carbons (Fsp3) is 0.750. The van der Waals surface area contributed by atoms with Gasteiger partial charge in [-0.3, -0.25) is 0 Å². The van der Waals surface area contributed by atoms with Crippen molar-refractivity contribution in [2.75, 3.05) is 6.61 Å². The molecule has 0 spiro atoms. The SMILES string of the molecule is CCCCCC1CCC(CCCOc2ccc(CCCC)cc2)CC1. The van der Waals surface area contributed by atoms with Crippen molar-refractivity contribution in [2.45, 2.75) is 97.3 Å². The van der Waals surface area contributed by atoms with Crippen LogP contribution in [-0.2, 0) is 6.42 Å². The van der Waals surface area contributed by atoms with E-state index >= 15 is 0 Å². The van der Waals surface area contributed by atoms with Crippen molar-refractivity contribution in [2.24, 2.45) is 11.8 Å². The summed E-state index contributed by atoms with van der Waals surface area (Å²) in [7, 11) is 0. The van der Waals surface area contributed by atoms with Crippen LogP contribution in [0.25, 0.3) is 0 Å². The second-order valence-electron chi connectivity index (χ2n) is 8.12. The Morgan fingerprint density at radius 2 is 1.36 bits per heavy atom. The Balaban J connectivity index is 1.53. The molecule has 1 aromatic carbocycles. The van der Waals surface area contributed by atoms with Gasteiger partial charge in [0.2, 0.25) is 0 Å². The molecule has 0 radical (unpaired) electrons. The van der Waals surface area contributed by atoms with Gasteiger partial charge in [0, 0.05) is 0 Å². The molecular formula is C24H40O. The van der Waals surface area contributed by atoms with E-state index in [4.69, 9.17) is 4.74 Å². The summed E-state index contributed by atoms with van der Waals surface area (Å²) in [4.78, 5) is 0. The molecule has 0 saturated heterocycles. The zero-order valence-electron chi connectivity index (χ0n) is 16.8. The Morgan fingerprint density at radius 1 is 0.760 bits per heavy atom. The van der Waals surface area contributed by atoms with Crippen LogP contribution in [-0.4, -0.2) is 6.61 Å². The number of hydrogen-bond acceptors (Lipinski definition) is 1. The first-order valence-corrected chi connectivity index (χ1v) is 11.0. The van der Waals surface area contributed by atoms with Gasteiger partial charge < -0.3 is 4.74 Å². The topological polar surface area (TPSA) is 9.23 Å². The number of benzene rings is 1. The molecule has 0 aromatic heterocycles. The molecule has 2 rings (SSSR count). The van der Waals surface area contributed by atoms with Crippen molar-refractivity contribution >= 4 is 0 Å². The highest BCUT2D eigenvalue weighted by atomic mass is 16.5. The first-order chi connectivity index (χ1) is 12.3. The average molecular weight is 345 g/mol. The summed E-state index contributed by atoms with van der Waals surface area (Å²) in [6.45, 7) is 5.43. The van der Waals surface area contributed by atoms with Crippen LogP contribution in [0, 0.1) is 11.8 Å². The van der Waals surface area contributed by atoms with Crippen molar-refractivity contribution < 1.29 is 4.74 Å². The Bertz CT molecular complexity index is 428. The van der Waals surface area contributed by atoms with E-state index in [0.717, 1.165) is 24.2 Å². The third-order valence-electron chi connectivity index (χ3n) is 5.95. The fourth-order valence-electron chi connectivity index (χ4n) is 4.19. The number of hydrogen-bond donors (Lipinski definition) is 0. The Kier molecular flexibility index (Phi) is 10.1. The van der Waals surface area contributed by atoms with Crippen LogP contribution in [0.1, 0.15) is 96.5 Å². The van der Waals surface area contributed by atoms with Crippen molar-refractivity contribution in [1.82, 2.24) is 0 Å². The maximum atomic E-state index is 5.94. The summed E-state index contributed by atoms with van der Waals surface area (Å²) in [5.74, 6) is 3.03. The summed E-state index contributed by atoms with van der Waals surface area (Å²) in [6.07, 6.45) is 17.9. The fourth-order valence-corrected chi connectivity index (χ4v) is 4.19. The lowest BCUT2D eigenvalue weighted by molar-refractivity contribution is 0.228. The quantitative estimate of drug-likeness (QED) is 0.355. The Hall–Kier alpha value is -0.980. The van der Waals surface area contributed by atoms with Crippen molar-refractivity contribution in [3.63, 3.8) is 0 Å². The normalized spacial score (nSPS) is 20.6. The monoisotopic (exact) mass is 344 g/mol. The molecule has 0 atom stereocenters. The molecule has 0 N–H and O–H groups in total. The summed E-state index contributed by atoms with van der Waals surface area (Å²) >= 11 is 0. The average Bonchev–Trinajstić information content (AvgIpc) is 2.66. The van der Waals surface area contributed by atoms with E-state index < -0.39 is 0 Å². The van der Waals surface area contributed by atoms with Crippen LogP contribution < -0.4 is 4.74 Å². The molecule has 25 heavy (non-hydrogen) atoms. The van der Waals surface area contributed by atoms with Crippen molar-refractivity contribution in [3.8, 4) is 5.75 Å². The van der Waals surface area contributed by atoms with Crippen LogP contribution >= 0.6 is 0 Å². The molecule has 1 aromatic rings. The molecule has 1 heteroatoms. The van der Waals surface area contributed by atoms with Gasteiger partial charge in [-0.25, -0.2) is 0 Å². The molecule has 0 aliphatic heterocycles. The highest BCUT2D eigenvalue weighted by Gasteiger charge is 2.20. The Labute approximate surface area is 156 Å². The van der Waals surface area contributed by atoms with Gasteiger partial charge in [-0.05, 0) is 55.2 Å². The predicted octanol–water partition coefficient (Wildman–Crippen LogP) is 7.57. The van der Waals surface area contributed by atoms with Crippen LogP contribution in [0.3, 0.4) is 0 Å². The van der Waals surface area contributed by atoms with E-state index in [0.29, 0.717) is 0 Å². The highest BCUT2D eigenvalue weighted by molar-refractivity contribution is 5.27. The third-order valence-corrected chi connectivity index (χ3v) is 5.95. The van der Waals surface area contributed by atoms with Crippen LogP contribution in [0.5, 0.6) is 5.75 Å². The maximum absolute atomic E-state index is 5.94. The molecule has 142 valence electrons. The van der Waals surface area contributed by atoms with Gasteiger partial charge in [0.1, 0.15) is 5.75 Å². The van der Waals surface area contributed by atoms with Gasteiger partial charge in [-0.2, -0.15) is 0 Å². The standard InChI is InChI=1S/C24H40O/c1-3-5-7-10-22-12-14-23(15-13-22)11-8-20-25-24-18-16-21(17-19-24)9-6-4-2/h16-19,22-23H,3-15,20H2,1-2H3. The Morgan fingerprint density at radius 3 is 1.96 bits per heavy atom. The summed E-state index contributed by atoms with van der Waals surface area (Å²) in [6, 6.07) is 8.74. The zero-order chi connectivity index (χ0) is 17.7. The first-order valence-electron chi connectivity index (χ1n) is 11.0. The molecule has 1 fully saturated rings. The number of rotatable bonds is 12. The highest BCUT2D eigenvalue weighted by Crippen LogP contribution is 2.34. The van der Waals surface area contributed by atoms with Gasteiger partial charge in [0.15, 0.2) is 0 Å². The molecule has 1 aliphatic carbocycles. The lowest BCUT2D eigenvalue weighted by atomic mass is 9.78. The van der Waals surface area contributed by atoms with Crippen molar-refractivity contribution in [1.29, 1.82) is 0 Å². The lowest BCUT2D eigenvalue weighted by Gasteiger charge is -2.28. The number of ether oxygens (including phenoxy) is 1. The molecule has 1 aliphatic rings. The number of unbranched alkanes of at least 4 members (excludes halogenated alkanes) is 3. The van der Waals surface area contributed by atoms with Crippen molar-refractivity contribution in [3.05, 3.63) is 29.8 Å². The van der Waals surface area contributed by atoms with Gasteiger partial charge in [-0.15, -0.1) is 0 Å². The van der Waals surface area contributed by atoms with E-state index in [9.17, 15) is 0 Å². The lowest BCUT2D eigenvalue weighted by Crippen LogP contribution is -2.15. The van der Waals surface area contributed by atoms with E-state index in [1.54, 1.807) is 0 Å².